The number of benzene rings is 1. The van der Waals surface area contributed by atoms with E-state index >= 15 is 0 Å². The Morgan fingerprint density at radius 1 is 1.40 bits per heavy atom. The number of rotatable bonds is 5. The minimum absolute atomic E-state index is 0. The Labute approximate surface area is 114 Å². The smallest absolute Gasteiger partial charge is 0.330 e. The third-order valence-corrected chi connectivity index (χ3v) is 1.45. The Morgan fingerprint density at radius 2 is 2.07 bits per heavy atom. The van der Waals surface area contributed by atoms with E-state index in [-0.39, 0.29) is 39.3 Å². The average Bonchev–Trinajstić information content (AvgIpc) is 2.25. The van der Waals surface area contributed by atoms with Gasteiger partial charge in [0, 0.05) is 44.5 Å². The molecule has 0 fully saturated rings. The monoisotopic (exact) mass is 280 g/mol. The van der Waals surface area contributed by atoms with Crippen LogP contribution >= 0.6 is 0 Å². The summed E-state index contributed by atoms with van der Waals surface area (Å²) in [6, 6.07) is 9.96. The van der Waals surface area contributed by atoms with Gasteiger partial charge in [0.15, 0.2) is 0 Å². The molecule has 0 saturated carbocycles. The number of ether oxygens (including phenoxy) is 2. The van der Waals surface area contributed by atoms with Crippen molar-refractivity contribution in [1.82, 2.24) is 0 Å². The first kappa shape index (κ1) is 14.3. The Balaban J connectivity index is 0.00000196. The third kappa shape index (κ3) is 6.42. The van der Waals surface area contributed by atoms with Gasteiger partial charge in [-0.3, -0.25) is 0 Å². The van der Waals surface area contributed by atoms with Crippen LogP contribution in [0.15, 0.2) is 36.9 Å². The molecule has 1 aromatic carbocycles. The molecule has 0 bridgehead atoms. The standard InChI is InChI=1S/C11H11O3.Y/c1-2-11(12)14-9-8-13-10-6-4-3-5-7-10;/h2,4-7H,1,8-9H2;/q-1;. The molecule has 0 aliphatic carbocycles. The van der Waals surface area contributed by atoms with Crippen molar-refractivity contribution in [2.45, 2.75) is 0 Å². The van der Waals surface area contributed by atoms with Crippen molar-refractivity contribution in [2.24, 2.45) is 0 Å². The average molecular weight is 280 g/mol. The van der Waals surface area contributed by atoms with Crippen LogP contribution in [0, 0.1) is 6.07 Å². The maximum Gasteiger partial charge on any atom is 0.330 e. The third-order valence-electron chi connectivity index (χ3n) is 1.45. The van der Waals surface area contributed by atoms with Crippen molar-refractivity contribution in [1.29, 1.82) is 0 Å². The second-order valence-corrected chi connectivity index (χ2v) is 2.46. The molecule has 1 aromatic rings. The Hall–Kier alpha value is -0.666. The topological polar surface area (TPSA) is 35.5 Å². The van der Waals surface area contributed by atoms with Gasteiger partial charge in [0.2, 0.25) is 0 Å². The van der Waals surface area contributed by atoms with Crippen molar-refractivity contribution in [3.63, 3.8) is 0 Å². The largest absolute Gasteiger partial charge is 0.515 e. The number of hydrogen-bond acceptors (Lipinski definition) is 3. The molecule has 0 atom stereocenters. The van der Waals surface area contributed by atoms with Crippen LogP contribution in [0.25, 0.3) is 0 Å². The van der Waals surface area contributed by atoms with E-state index < -0.39 is 5.97 Å². The second-order valence-electron chi connectivity index (χ2n) is 2.46. The Bertz CT molecular complexity index is 298. The quantitative estimate of drug-likeness (QED) is 0.355. The number of carbonyl (C=O) groups excluding carboxylic acids is 1. The maximum atomic E-state index is 10.6. The summed E-state index contributed by atoms with van der Waals surface area (Å²) < 4.78 is 9.99. The SMILES string of the molecule is C=CC(=O)OCCOc1cc[c-]cc1.[Y]. The van der Waals surface area contributed by atoms with E-state index in [0.717, 1.165) is 11.8 Å². The van der Waals surface area contributed by atoms with Gasteiger partial charge < -0.3 is 9.47 Å². The summed E-state index contributed by atoms with van der Waals surface area (Å²) in [6.07, 6.45) is 1.12. The molecule has 1 rings (SSSR count). The van der Waals surface area contributed by atoms with Gasteiger partial charge in [-0.15, -0.1) is 12.1 Å². The van der Waals surface area contributed by atoms with E-state index in [0.29, 0.717) is 6.61 Å². The molecule has 0 N–H and O–H groups in total. The van der Waals surface area contributed by atoms with Gasteiger partial charge >= 0.3 is 5.97 Å². The van der Waals surface area contributed by atoms with Crippen LogP contribution in [0.4, 0.5) is 0 Å². The molecule has 0 unspecified atom stereocenters. The zero-order valence-corrected chi connectivity index (χ0v) is 11.1. The molecule has 0 aromatic heterocycles. The van der Waals surface area contributed by atoms with Crippen LogP contribution in [0.5, 0.6) is 5.75 Å². The van der Waals surface area contributed by atoms with Gasteiger partial charge in [0.25, 0.3) is 0 Å². The van der Waals surface area contributed by atoms with E-state index in [9.17, 15) is 4.79 Å². The van der Waals surface area contributed by atoms with Gasteiger partial charge in [-0.1, -0.05) is 6.58 Å². The first-order chi connectivity index (χ1) is 6.83. The molecule has 0 aliphatic heterocycles. The zero-order chi connectivity index (χ0) is 10.2. The van der Waals surface area contributed by atoms with E-state index in [1.807, 2.05) is 0 Å². The minimum Gasteiger partial charge on any atom is -0.515 e. The fraction of sp³-hybridized carbons (Fsp3) is 0.182. The van der Waals surface area contributed by atoms with E-state index in [1.165, 1.54) is 0 Å². The summed E-state index contributed by atoms with van der Waals surface area (Å²) in [4.78, 5) is 10.6. The van der Waals surface area contributed by atoms with Crippen molar-refractivity contribution in [3.05, 3.63) is 43.0 Å². The van der Waals surface area contributed by atoms with Crippen molar-refractivity contribution >= 4 is 5.97 Å². The molecule has 0 amide bonds. The van der Waals surface area contributed by atoms with Crippen LogP contribution in [0.1, 0.15) is 0 Å². The predicted octanol–water partition coefficient (Wildman–Crippen LogP) is 1.59. The molecule has 0 spiro atoms. The fourth-order valence-corrected chi connectivity index (χ4v) is 0.829. The molecule has 0 aliphatic rings. The first-order valence-corrected chi connectivity index (χ1v) is 4.21. The number of hydrogen-bond donors (Lipinski definition) is 0. The van der Waals surface area contributed by atoms with E-state index in [2.05, 4.69) is 12.6 Å². The van der Waals surface area contributed by atoms with E-state index in [1.54, 1.807) is 24.3 Å². The predicted molar refractivity (Wildman–Crippen MR) is 51.9 cm³/mol. The molecular formula is C11H11O3Y-. The molecular weight excluding hydrogens is 269 g/mol. The molecule has 3 nitrogen and oxygen atoms in total. The summed E-state index contributed by atoms with van der Waals surface area (Å²) in [6.45, 7) is 3.84. The first-order valence-electron chi connectivity index (χ1n) is 4.21. The number of carbonyl (C=O) groups is 1. The van der Waals surface area contributed by atoms with Gasteiger partial charge in [-0.25, -0.2) is 4.79 Å². The van der Waals surface area contributed by atoms with Crippen molar-refractivity contribution in [2.75, 3.05) is 13.2 Å². The molecule has 1 radical (unpaired) electrons. The van der Waals surface area contributed by atoms with Gasteiger partial charge in [0.05, 0.1) is 0 Å². The van der Waals surface area contributed by atoms with Gasteiger partial charge in [-0.05, 0) is 0 Å². The van der Waals surface area contributed by atoms with Crippen LogP contribution in [0.3, 0.4) is 0 Å². The molecule has 0 saturated heterocycles. The summed E-state index contributed by atoms with van der Waals surface area (Å²) in [7, 11) is 0. The second kappa shape index (κ2) is 8.63. The Kier molecular flexibility index (Phi) is 8.24. The molecule has 4 heteroatoms. The fourth-order valence-electron chi connectivity index (χ4n) is 0.829. The normalized spacial score (nSPS) is 8.53. The summed E-state index contributed by atoms with van der Waals surface area (Å²) in [5.74, 6) is 0.299. The van der Waals surface area contributed by atoms with Crippen LogP contribution < -0.4 is 4.74 Å². The molecule has 77 valence electrons. The maximum absolute atomic E-state index is 10.6. The molecule has 0 heterocycles. The molecule has 15 heavy (non-hydrogen) atoms. The van der Waals surface area contributed by atoms with Gasteiger partial charge in [0.1, 0.15) is 13.2 Å². The summed E-state index contributed by atoms with van der Waals surface area (Å²) in [5.41, 5.74) is 0. The van der Waals surface area contributed by atoms with Gasteiger partial charge in [-0.2, -0.15) is 18.2 Å². The van der Waals surface area contributed by atoms with Crippen LogP contribution in [-0.4, -0.2) is 19.2 Å². The minimum atomic E-state index is -0.435. The number of esters is 1. The van der Waals surface area contributed by atoms with E-state index in [4.69, 9.17) is 9.47 Å². The zero-order valence-electron chi connectivity index (χ0n) is 8.31. The van der Waals surface area contributed by atoms with Crippen LogP contribution in [-0.2, 0) is 42.2 Å². The van der Waals surface area contributed by atoms with Crippen LogP contribution in [0.2, 0.25) is 0 Å². The van der Waals surface area contributed by atoms with Crippen molar-refractivity contribution < 1.29 is 47.0 Å². The Morgan fingerprint density at radius 3 is 2.67 bits per heavy atom. The van der Waals surface area contributed by atoms with Crippen molar-refractivity contribution in [3.8, 4) is 5.75 Å². The summed E-state index contributed by atoms with van der Waals surface area (Å²) in [5, 5.41) is 0. The summed E-state index contributed by atoms with van der Waals surface area (Å²) >= 11 is 0.